The molecule has 0 bridgehead atoms. The quantitative estimate of drug-likeness (QED) is 0.458. The maximum absolute atomic E-state index is 13.1. The second kappa shape index (κ2) is 4.15. The van der Waals surface area contributed by atoms with Crippen LogP contribution in [0.25, 0.3) is 0 Å². The summed E-state index contributed by atoms with van der Waals surface area (Å²) in [6.07, 6.45) is 0. The van der Waals surface area contributed by atoms with Crippen molar-refractivity contribution < 1.29 is 13.6 Å². The lowest BCUT2D eigenvalue weighted by Gasteiger charge is -2.01. The molecular weight excluding hydrogens is 265 g/mol. The second-order valence-electron chi connectivity index (χ2n) is 2.31. The third kappa shape index (κ3) is 2.25. The summed E-state index contributed by atoms with van der Waals surface area (Å²) in [7, 11) is 0. The first-order chi connectivity index (χ1) is 6.06. The van der Waals surface area contributed by atoms with Gasteiger partial charge >= 0.3 is 0 Å². The Morgan fingerprint density at radius 1 is 1.46 bits per heavy atom. The molecule has 0 unspecified atom stereocenters. The van der Waals surface area contributed by atoms with Crippen molar-refractivity contribution in [2.45, 2.75) is 0 Å². The molecule has 1 rings (SSSR count). The standard InChI is InChI=1S/C8H4BrClF2O/c9-3-7(13)5-1-4(11)2-6(10)8(5)12/h1-2H,3H2. The van der Waals surface area contributed by atoms with E-state index >= 15 is 0 Å². The van der Waals surface area contributed by atoms with E-state index in [1.807, 2.05) is 0 Å². The summed E-state index contributed by atoms with van der Waals surface area (Å²) in [6, 6.07) is 1.65. The van der Waals surface area contributed by atoms with E-state index in [-0.39, 0.29) is 15.9 Å². The molecule has 0 saturated heterocycles. The van der Waals surface area contributed by atoms with Crippen LogP contribution < -0.4 is 0 Å². The van der Waals surface area contributed by atoms with Crippen LogP contribution in [0.5, 0.6) is 0 Å². The third-order valence-electron chi connectivity index (χ3n) is 1.41. The summed E-state index contributed by atoms with van der Waals surface area (Å²) in [5.41, 5.74) is -0.332. The maximum Gasteiger partial charge on any atom is 0.176 e. The fourth-order valence-electron chi connectivity index (χ4n) is 0.831. The number of hydrogen-bond donors (Lipinski definition) is 0. The van der Waals surface area contributed by atoms with Crippen LogP contribution >= 0.6 is 27.5 Å². The van der Waals surface area contributed by atoms with Gasteiger partial charge in [0.15, 0.2) is 11.6 Å². The van der Waals surface area contributed by atoms with Crippen LogP contribution in [-0.4, -0.2) is 11.1 Å². The smallest absolute Gasteiger partial charge is 0.176 e. The van der Waals surface area contributed by atoms with Crippen LogP contribution in [0.3, 0.4) is 0 Å². The summed E-state index contributed by atoms with van der Waals surface area (Å²) in [5.74, 6) is -2.15. The lowest BCUT2D eigenvalue weighted by Crippen LogP contribution is -2.04. The number of Topliss-reactive ketones (excluding diaryl/α,β-unsaturated/α-hetero) is 1. The Bertz CT molecular complexity index is 354. The van der Waals surface area contributed by atoms with Crippen molar-refractivity contribution in [1.29, 1.82) is 0 Å². The molecule has 0 amide bonds. The molecule has 0 fully saturated rings. The predicted molar refractivity (Wildman–Crippen MR) is 49.5 cm³/mol. The molecule has 0 aliphatic carbocycles. The van der Waals surface area contributed by atoms with Crippen molar-refractivity contribution in [2.75, 3.05) is 5.33 Å². The zero-order valence-corrected chi connectivity index (χ0v) is 8.62. The Kier molecular flexibility index (Phi) is 3.39. The fourth-order valence-corrected chi connectivity index (χ4v) is 1.34. The van der Waals surface area contributed by atoms with E-state index in [0.29, 0.717) is 0 Å². The monoisotopic (exact) mass is 268 g/mol. The van der Waals surface area contributed by atoms with Gasteiger partial charge < -0.3 is 0 Å². The second-order valence-corrected chi connectivity index (χ2v) is 3.27. The van der Waals surface area contributed by atoms with Gasteiger partial charge in [0, 0.05) is 0 Å². The fraction of sp³-hybridized carbons (Fsp3) is 0.125. The number of benzene rings is 1. The van der Waals surface area contributed by atoms with E-state index in [2.05, 4.69) is 15.9 Å². The Hall–Kier alpha value is -0.480. The SMILES string of the molecule is O=C(CBr)c1cc(F)cc(Cl)c1F. The molecule has 13 heavy (non-hydrogen) atoms. The Morgan fingerprint density at radius 2 is 2.08 bits per heavy atom. The molecule has 70 valence electrons. The van der Waals surface area contributed by atoms with Gasteiger partial charge in [-0.2, -0.15) is 0 Å². The van der Waals surface area contributed by atoms with Crippen LogP contribution in [0, 0.1) is 11.6 Å². The minimum Gasteiger partial charge on any atom is -0.293 e. The molecule has 1 aromatic rings. The molecule has 0 aliphatic heterocycles. The van der Waals surface area contributed by atoms with Crippen LogP contribution in [0.15, 0.2) is 12.1 Å². The normalized spacial score (nSPS) is 10.2. The van der Waals surface area contributed by atoms with Gasteiger partial charge in [0.1, 0.15) is 5.82 Å². The molecule has 0 saturated carbocycles. The lowest BCUT2D eigenvalue weighted by atomic mass is 10.1. The van der Waals surface area contributed by atoms with E-state index < -0.39 is 17.4 Å². The molecule has 5 heteroatoms. The summed E-state index contributed by atoms with van der Waals surface area (Å²) < 4.78 is 25.8. The Balaban J connectivity index is 3.28. The topological polar surface area (TPSA) is 17.1 Å². The molecule has 1 aromatic carbocycles. The van der Waals surface area contributed by atoms with Crippen molar-refractivity contribution in [3.05, 3.63) is 34.4 Å². The number of alkyl halides is 1. The first-order valence-electron chi connectivity index (χ1n) is 3.30. The first-order valence-corrected chi connectivity index (χ1v) is 4.80. The van der Waals surface area contributed by atoms with E-state index in [9.17, 15) is 13.6 Å². The van der Waals surface area contributed by atoms with Gasteiger partial charge in [-0.25, -0.2) is 8.78 Å². The van der Waals surface area contributed by atoms with Crippen LogP contribution in [0.2, 0.25) is 5.02 Å². The number of hydrogen-bond acceptors (Lipinski definition) is 1. The number of halogens is 4. The van der Waals surface area contributed by atoms with Gasteiger partial charge in [-0.1, -0.05) is 27.5 Å². The van der Waals surface area contributed by atoms with E-state index in [4.69, 9.17) is 11.6 Å². The maximum atomic E-state index is 13.1. The number of carbonyl (C=O) groups excluding carboxylic acids is 1. The van der Waals surface area contributed by atoms with Crippen LogP contribution in [-0.2, 0) is 0 Å². The van der Waals surface area contributed by atoms with Gasteiger partial charge in [0.05, 0.1) is 15.9 Å². The lowest BCUT2D eigenvalue weighted by molar-refractivity contribution is 0.101. The average Bonchev–Trinajstić information content (AvgIpc) is 2.10. The number of rotatable bonds is 2. The number of ketones is 1. The minimum absolute atomic E-state index is 0.0658. The van der Waals surface area contributed by atoms with Crippen molar-refractivity contribution in [3.63, 3.8) is 0 Å². The zero-order valence-electron chi connectivity index (χ0n) is 6.28. The van der Waals surface area contributed by atoms with Gasteiger partial charge in [-0.3, -0.25) is 4.79 Å². The highest BCUT2D eigenvalue weighted by molar-refractivity contribution is 9.09. The van der Waals surface area contributed by atoms with Gasteiger partial charge in [-0.05, 0) is 12.1 Å². The average molecular weight is 269 g/mol. The van der Waals surface area contributed by atoms with E-state index in [0.717, 1.165) is 12.1 Å². The van der Waals surface area contributed by atoms with Crippen LogP contribution in [0.4, 0.5) is 8.78 Å². The number of carbonyl (C=O) groups is 1. The molecule has 0 aromatic heterocycles. The summed E-state index contributed by atoms with van der Waals surface area (Å²) in [4.78, 5) is 11.0. The zero-order chi connectivity index (χ0) is 10.0. The Morgan fingerprint density at radius 3 is 2.62 bits per heavy atom. The molecular formula is C8H4BrClF2O. The van der Waals surface area contributed by atoms with E-state index in [1.54, 1.807) is 0 Å². The van der Waals surface area contributed by atoms with Crippen molar-refractivity contribution in [2.24, 2.45) is 0 Å². The Labute approximate surface area is 86.8 Å². The highest BCUT2D eigenvalue weighted by atomic mass is 79.9. The molecule has 0 spiro atoms. The van der Waals surface area contributed by atoms with Gasteiger partial charge in [0.25, 0.3) is 0 Å². The van der Waals surface area contributed by atoms with Gasteiger partial charge in [0.2, 0.25) is 0 Å². The van der Waals surface area contributed by atoms with Crippen molar-refractivity contribution >= 4 is 33.3 Å². The highest BCUT2D eigenvalue weighted by Crippen LogP contribution is 2.20. The summed E-state index contributed by atoms with van der Waals surface area (Å²) in [5, 5.41) is -0.451. The third-order valence-corrected chi connectivity index (χ3v) is 2.20. The summed E-state index contributed by atoms with van der Waals surface area (Å²) >= 11 is 8.19. The van der Waals surface area contributed by atoms with Crippen LogP contribution in [0.1, 0.15) is 10.4 Å². The molecule has 1 nitrogen and oxygen atoms in total. The largest absolute Gasteiger partial charge is 0.293 e. The molecule has 0 heterocycles. The molecule has 0 aliphatic rings. The highest BCUT2D eigenvalue weighted by Gasteiger charge is 2.14. The van der Waals surface area contributed by atoms with Crippen molar-refractivity contribution in [3.8, 4) is 0 Å². The summed E-state index contributed by atoms with van der Waals surface area (Å²) in [6.45, 7) is 0. The first kappa shape index (κ1) is 10.6. The molecule has 0 radical (unpaired) electrons. The predicted octanol–water partition coefficient (Wildman–Crippen LogP) is 3.20. The van der Waals surface area contributed by atoms with Crippen molar-refractivity contribution in [1.82, 2.24) is 0 Å². The van der Waals surface area contributed by atoms with E-state index in [1.165, 1.54) is 0 Å². The van der Waals surface area contributed by atoms with Gasteiger partial charge in [-0.15, -0.1) is 0 Å². The minimum atomic E-state index is -0.882. The molecule has 0 atom stereocenters. The molecule has 0 N–H and O–H groups in total.